The molecule has 0 aliphatic heterocycles. The van der Waals surface area contributed by atoms with Crippen molar-refractivity contribution < 1.29 is 38.3 Å². The van der Waals surface area contributed by atoms with E-state index >= 15 is 0 Å². The number of ether oxygens (including phenoxy) is 2. The van der Waals surface area contributed by atoms with Gasteiger partial charge in [-0.25, -0.2) is 0 Å². The van der Waals surface area contributed by atoms with Crippen molar-refractivity contribution in [3.05, 3.63) is 59.7 Å². The summed E-state index contributed by atoms with van der Waals surface area (Å²) in [6.45, 7) is 3.81. The number of nitrogens with zero attached hydrogens (tertiary/aromatic N) is 1. The Bertz CT molecular complexity index is 771. The summed E-state index contributed by atoms with van der Waals surface area (Å²) in [5.74, 6) is -1.46. The molecule has 30 heavy (non-hydrogen) atoms. The molecule has 2 aromatic rings. The zero-order chi connectivity index (χ0) is 22.6. The summed E-state index contributed by atoms with van der Waals surface area (Å²) < 4.78 is 42.3. The van der Waals surface area contributed by atoms with Gasteiger partial charge in [0, 0.05) is 26.1 Å². The Morgan fingerprint density at radius 2 is 1.57 bits per heavy atom. The van der Waals surface area contributed by atoms with Crippen molar-refractivity contribution in [1.29, 1.82) is 0 Å². The second-order valence-corrected chi connectivity index (χ2v) is 6.38. The lowest BCUT2D eigenvalue weighted by Crippen LogP contribution is -2.51. The number of halogens is 3. The van der Waals surface area contributed by atoms with Gasteiger partial charge in [-0.05, 0) is 23.3 Å². The molecule has 0 aliphatic carbocycles. The molecule has 2 rings (SSSR count). The lowest BCUT2D eigenvalue weighted by atomic mass is 10.1. The summed E-state index contributed by atoms with van der Waals surface area (Å²) in [6.07, 6.45) is -4.10. The second-order valence-electron chi connectivity index (χ2n) is 6.38. The minimum absolute atomic E-state index is 0.767. The number of hydrogen-bond donors (Lipinski definition) is 1. The summed E-state index contributed by atoms with van der Waals surface area (Å²) >= 11 is 0. The molecule has 9 heteroatoms. The van der Waals surface area contributed by atoms with E-state index < -0.39 is 12.1 Å². The molecule has 0 saturated carbocycles. The van der Waals surface area contributed by atoms with Gasteiger partial charge < -0.3 is 25.1 Å². The maximum Gasteiger partial charge on any atom is 0.430 e. The highest BCUT2D eigenvalue weighted by Crippen LogP contribution is 2.28. The molecular weight excluding hydrogens is 401 g/mol. The third-order valence-electron chi connectivity index (χ3n) is 4.06. The minimum Gasteiger partial charge on any atom is -0.542 e. The number of carboxylic acid groups (broad SMARTS) is 1. The maximum absolute atomic E-state index is 10.5. The van der Waals surface area contributed by atoms with E-state index in [2.05, 4.69) is 53.1 Å². The molecule has 0 saturated heterocycles. The van der Waals surface area contributed by atoms with Crippen molar-refractivity contribution in [2.45, 2.75) is 25.7 Å². The SMILES string of the molecule is COc1ccc(CN(CCC[NH3+])Cc2ccccc2)cc1OC.O=C([O-])C(F)(F)F. The first-order valence-corrected chi connectivity index (χ1v) is 9.25. The van der Waals surface area contributed by atoms with Crippen LogP contribution in [-0.2, 0) is 17.9 Å². The predicted molar refractivity (Wildman–Crippen MR) is 104 cm³/mol. The number of aliphatic carboxylic acids is 1. The molecule has 6 nitrogen and oxygen atoms in total. The molecule has 166 valence electrons. The normalized spacial score (nSPS) is 10.9. The van der Waals surface area contributed by atoms with Crippen LogP contribution in [0, 0.1) is 0 Å². The summed E-state index contributed by atoms with van der Waals surface area (Å²) in [7, 11) is 3.33. The van der Waals surface area contributed by atoms with Crippen LogP contribution in [0.2, 0.25) is 0 Å². The first kappa shape index (κ1) is 25.3. The predicted octanol–water partition coefficient (Wildman–Crippen LogP) is 1.64. The smallest absolute Gasteiger partial charge is 0.430 e. The third kappa shape index (κ3) is 9.15. The average Bonchev–Trinajstić information content (AvgIpc) is 2.72. The van der Waals surface area contributed by atoms with Crippen LogP contribution in [0.1, 0.15) is 17.5 Å². The van der Waals surface area contributed by atoms with E-state index in [1.807, 2.05) is 6.07 Å². The van der Waals surface area contributed by atoms with Crippen molar-refractivity contribution in [1.82, 2.24) is 4.90 Å². The second kappa shape index (κ2) is 12.7. The van der Waals surface area contributed by atoms with Gasteiger partial charge in [-0.2, -0.15) is 13.2 Å². The first-order valence-electron chi connectivity index (χ1n) is 9.25. The van der Waals surface area contributed by atoms with Gasteiger partial charge in [0.1, 0.15) is 5.97 Å². The lowest BCUT2D eigenvalue weighted by Gasteiger charge is -2.22. The Balaban J connectivity index is 0.000000553. The van der Waals surface area contributed by atoms with Crippen LogP contribution in [0.3, 0.4) is 0 Å². The van der Waals surface area contributed by atoms with E-state index in [1.165, 1.54) is 11.1 Å². The topological polar surface area (TPSA) is 89.5 Å². The van der Waals surface area contributed by atoms with Gasteiger partial charge in [-0.1, -0.05) is 36.4 Å². The molecule has 0 bridgehead atoms. The summed E-state index contributed by atoms with van der Waals surface area (Å²) in [4.78, 5) is 11.2. The fourth-order valence-corrected chi connectivity index (χ4v) is 2.63. The molecule has 0 spiro atoms. The fourth-order valence-electron chi connectivity index (χ4n) is 2.63. The summed E-state index contributed by atoms with van der Waals surface area (Å²) in [6, 6.07) is 16.7. The lowest BCUT2D eigenvalue weighted by molar-refractivity contribution is -0.368. The number of methoxy groups -OCH3 is 2. The van der Waals surface area contributed by atoms with E-state index in [4.69, 9.17) is 19.4 Å². The van der Waals surface area contributed by atoms with E-state index in [1.54, 1.807) is 14.2 Å². The van der Waals surface area contributed by atoms with Crippen molar-refractivity contribution in [3.8, 4) is 11.5 Å². The van der Waals surface area contributed by atoms with Crippen LogP contribution in [0.15, 0.2) is 48.5 Å². The highest BCUT2D eigenvalue weighted by Gasteiger charge is 2.28. The molecule has 2 aromatic carbocycles. The van der Waals surface area contributed by atoms with E-state index in [0.717, 1.165) is 44.1 Å². The molecule has 0 heterocycles. The van der Waals surface area contributed by atoms with Gasteiger partial charge in [0.15, 0.2) is 11.5 Å². The Morgan fingerprint density at radius 1 is 1.00 bits per heavy atom. The number of alkyl halides is 3. The standard InChI is InChI=1S/C19H26N2O2.C2HF3O2/c1-22-18-10-9-17(13-19(18)23-2)15-21(12-6-11-20)14-16-7-4-3-5-8-16;3-2(4,5)1(6)7/h3-5,7-10,13H,6,11-12,14-15,20H2,1-2H3;(H,6,7). The van der Waals surface area contributed by atoms with Gasteiger partial charge in [-0.15, -0.1) is 0 Å². The Labute approximate surface area is 174 Å². The molecule has 0 aliphatic rings. The van der Waals surface area contributed by atoms with Crippen molar-refractivity contribution in [2.24, 2.45) is 0 Å². The Hall–Kier alpha value is -2.78. The molecular formula is C21H27F3N2O4. The fraction of sp³-hybridized carbons (Fsp3) is 0.381. The molecule has 3 N–H and O–H groups in total. The van der Waals surface area contributed by atoms with Gasteiger partial charge >= 0.3 is 6.18 Å². The molecule has 0 fully saturated rings. The number of carboxylic acids is 1. The van der Waals surface area contributed by atoms with Crippen LogP contribution in [0.5, 0.6) is 11.5 Å². The number of carbonyl (C=O) groups is 1. The van der Waals surface area contributed by atoms with Crippen molar-refractivity contribution in [2.75, 3.05) is 27.3 Å². The quantitative estimate of drug-likeness (QED) is 0.656. The largest absolute Gasteiger partial charge is 0.542 e. The Kier molecular flexibility index (Phi) is 10.7. The van der Waals surface area contributed by atoms with E-state index in [9.17, 15) is 13.2 Å². The molecule has 0 aromatic heterocycles. The van der Waals surface area contributed by atoms with Crippen LogP contribution in [0.25, 0.3) is 0 Å². The number of rotatable bonds is 9. The first-order chi connectivity index (χ1) is 14.2. The van der Waals surface area contributed by atoms with Crippen molar-refractivity contribution in [3.63, 3.8) is 0 Å². The van der Waals surface area contributed by atoms with Crippen LogP contribution < -0.4 is 20.3 Å². The monoisotopic (exact) mass is 428 g/mol. The van der Waals surface area contributed by atoms with E-state index in [0.29, 0.717) is 0 Å². The summed E-state index contributed by atoms with van der Waals surface area (Å²) in [5, 5.41) is 8.78. The molecule has 0 atom stereocenters. The van der Waals surface area contributed by atoms with Crippen LogP contribution in [0.4, 0.5) is 13.2 Å². The molecule has 0 unspecified atom stereocenters. The number of quaternary nitrogens is 1. The number of hydrogen-bond acceptors (Lipinski definition) is 5. The number of benzene rings is 2. The number of carbonyl (C=O) groups excluding carboxylic acids is 1. The van der Waals surface area contributed by atoms with Crippen LogP contribution in [-0.4, -0.2) is 44.4 Å². The van der Waals surface area contributed by atoms with Gasteiger partial charge in [0.25, 0.3) is 0 Å². The summed E-state index contributed by atoms with van der Waals surface area (Å²) in [5.41, 5.74) is 6.51. The minimum atomic E-state index is -5.19. The van der Waals surface area contributed by atoms with E-state index in [-0.39, 0.29) is 0 Å². The molecule has 0 amide bonds. The van der Waals surface area contributed by atoms with Crippen LogP contribution >= 0.6 is 0 Å². The average molecular weight is 428 g/mol. The highest BCUT2D eigenvalue weighted by atomic mass is 19.4. The third-order valence-corrected chi connectivity index (χ3v) is 4.06. The maximum atomic E-state index is 10.5. The van der Waals surface area contributed by atoms with Gasteiger partial charge in [-0.3, -0.25) is 4.90 Å². The molecule has 0 radical (unpaired) electrons. The zero-order valence-electron chi connectivity index (χ0n) is 17.1. The van der Waals surface area contributed by atoms with Crippen molar-refractivity contribution >= 4 is 5.97 Å². The zero-order valence-corrected chi connectivity index (χ0v) is 17.1. The van der Waals surface area contributed by atoms with Gasteiger partial charge in [0.2, 0.25) is 0 Å². The Morgan fingerprint density at radius 3 is 2.07 bits per heavy atom. The van der Waals surface area contributed by atoms with Gasteiger partial charge in [0.05, 0.1) is 20.8 Å². The highest BCUT2D eigenvalue weighted by molar-refractivity contribution is 5.70.